The molecular formula is C14H21NO4. The maximum absolute atomic E-state index is 11.8. The van der Waals surface area contributed by atoms with E-state index < -0.39 is 6.10 Å². The van der Waals surface area contributed by atoms with Gasteiger partial charge in [0.05, 0.1) is 6.61 Å². The second-order valence-corrected chi connectivity index (χ2v) is 4.13. The van der Waals surface area contributed by atoms with Crippen molar-refractivity contribution in [2.24, 2.45) is 0 Å². The van der Waals surface area contributed by atoms with Gasteiger partial charge in [0, 0.05) is 20.3 Å². The Bertz CT molecular complexity index is 395. The molecule has 1 aromatic rings. The largest absolute Gasteiger partial charge is 0.481 e. The molecule has 5 nitrogen and oxygen atoms in total. The van der Waals surface area contributed by atoms with E-state index >= 15 is 0 Å². The summed E-state index contributed by atoms with van der Waals surface area (Å²) in [6.45, 7) is 2.67. The van der Waals surface area contributed by atoms with Gasteiger partial charge < -0.3 is 19.9 Å². The number of rotatable bonds is 8. The van der Waals surface area contributed by atoms with Gasteiger partial charge in [-0.25, -0.2) is 0 Å². The number of aliphatic hydroxyl groups is 1. The molecule has 0 heterocycles. The number of hydrogen-bond donors (Lipinski definition) is 2. The summed E-state index contributed by atoms with van der Waals surface area (Å²) in [6.07, 6.45) is -0.0783. The molecule has 0 saturated carbocycles. The van der Waals surface area contributed by atoms with E-state index in [-0.39, 0.29) is 12.5 Å². The third kappa shape index (κ3) is 5.28. The number of carbonyl (C=O) groups excluding carboxylic acids is 1. The van der Waals surface area contributed by atoms with Gasteiger partial charge in [-0.15, -0.1) is 0 Å². The zero-order chi connectivity index (χ0) is 14.1. The Balaban J connectivity index is 2.55. The molecule has 0 aliphatic rings. The minimum Gasteiger partial charge on any atom is -0.481 e. The fraction of sp³-hybridized carbons (Fsp3) is 0.500. The molecule has 0 aromatic heterocycles. The van der Waals surface area contributed by atoms with Crippen LogP contribution in [0.2, 0.25) is 0 Å². The number of amides is 1. The minimum absolute atomic E-state index is 0.0504. The lowest BCUT2D eigenvalue weighted by Gasteiger charge is -2.17. The van der Waals surface area contributed by atoms with Crippen LogP contribution in [0.15, 0.2) is 24.3 Å². The van der Waals surface area contributed by atoms with Crippen molar-refractivity contribution in [3.63, 3.8) is 0 Å². The van der Waals surface area contributed by atoms with E-state index in [9.17, 15) is 4.79 Å². The van der Waals surface area contributed by atoms with Crippen molar-refractivity contribution in [3.05, 3.63) is 29.8 Å². The second kappa shape index (κ2) is 8.50. The Hall–Kier alpha value is -1.59. The number of aliphatic hydroxyl groups excluding tert-OH is 1. The first kappa shape index (κ1) is 15.5. The first-order valence-corrected chi connectivity index (χ1v) is 6.31. The van der Waals surface area contributed by atoms with Crippen molar-refractivity contribution < 1.29 is 19.4 Å². The van der Waals surface area contributed by atoms with Crippen molar-refractivity contribution in [3.8, 4) is 5.75 Å². The molecule has 0 radical (unpaired) electrons. The van der Waals surface area contributed by atoms with Gasteiger partial charge in [-0.05, 0) is 25.0 Å². The summed E-state index contributed by atoms with van der Waals surface area (Å²) in [7, 11) is 1.58. The van der Waals surface area contributed by atoms with Gasteiger partial charge in [0.15, 0.2) is 6.10 Å². The first-order chi connectivity index (χ1) is 9.19. The molecule has 1 rings (SSSR count). The monoisotopic (exact) mass is 267 g/mol. The van der Waals surface area contributed by atoms with E-state index in [2.05, 4.69) is 5.32 Å². The molecule has 19 heavy (non-hydrogen) atoms. The van der Waals surface area contributed by atoms with Crippen LogP contribution < -0.4 is 10.1 Å². The summed E-state index contributed by atoms with van der Waals surface area (Å²) in [5.74, 6) is 0.446. The maximum Gasteiger partial charge on any atom is 0.260 e. The number of methoxy groups -OCH3 is 1. The summed E-state index contributed by atoms with van der Waals surface area (Å²) < 4.78 is 10.5. The predicted molar refractivity (Wildman–Crippen MR) is 72.2 cm³/mol. The smallest absolute Gasteiger partial charge is 0.260 e. The van der Waals surface area contributed by atoms with Crippen molar-refractivity contribution in [1.29, 1.82) is 0 Å². The van der Waals surface area contributed by atoms with Crippen molar-refractivity contribution >= 4 is 5.91 Å². The van der Waals surface area contributed by atoms with E-state index in [0.717, 1.165) is 5.56 Å². The molecule has 1 atom stereocenters. The van der Waals surface area contributed by atoms with E-state index in [1.165, 1.54) is 0 Å². The number of carbonyl (C=O) groups is 1. The van der Waals surface area contributed by atoms with Crippen molar-refractivity contribution in [2.45, 2.75) is 19.4 Å². The van der Waals surface area contributed by atoms with Crippen molar-refractivity contribution in [2.75, 3.05) is 26.9 Å². The molecule has 0 aliphatic heterocycles. The first-order valence-electron chi connectivity index (χ1n) is 6.31. The quantitative estimate of drug-likeness (QED) is 0.682. The van der Waals surface area contributed by atoms with Crippen LogP contribution in [0.4, 0.5) is 0 Å². The topological polar surface area (TPSA) is 67.8 Å². The molecular weight excluding hydrogens is 246 g/mol. The average molecular weight is 267 g/mol. The maximum atomic E-state index is 11.8. The summed E-state index contributed by atoms with van der Waals surface area (Å²) in [5.41, 5.74) is 0.890. The van der Waals surface area contributed by atoms with Crippen LogP contribution in [-0.4, -0.2) is 44.0 Å². The lowest BCUT2D eigenvalue weighted by molar-refractivity contribution is -0.127. The Kier molecular flexibility index (Phi) is 6.92. The molecule has 2 N–H and O–H groups in total. The Morgan fingerprint density at radius 2 is 2.16 bits per heavy atom. The highest BCUT2D eigenvalue weighted by Gasteiger charge is 2.15. The molecule has 0 fully saturated rings. The number of hydrogen-bond acceptors (Lipinski definition) is 4. The molecule has 106 valence electrons. The standard InChI is InChI=1S/C14H21NO4/c1-11(14(17)15-8-10-18-2)19-13-6-4-3-5-12(13)7-9-16/h3-6,11,16H,7-10H2,1-2H3,(H,15,17). The normalized spacial score (nSPS) is 11.9. The Morgan fingerprint density at radius 1 is 1.42 bits per heavy atom. The molecule has 0 aliphatic carbocycles. The SMILES string of the molecule is COCCNC(=O)C(C)Oc1ccccc1CCO. The van der Waals surface area contributed by atoms with Crippen LogP contribution in [0.1, 0.15) is 12.5 Å². The molecule has 0 spiro atoms. The third-order valence-electron chi connectivity index (χ3n) is 2.63. The fourth-order valence-corrected chi connectivity index (χ4v) is 1.61. The van der Waals surface area contributed by atoms with E-state index in [0.29, 0.717) is 25.3 Å². The van der Waals surface area contributed by atoms with Gasteiger partial charge in [0.25, 0.3) is 5.91 Å². The van der Waals surface area contributed by atoms with Crippen LogP contribution in [0, 0.1) is 0 Å². The number of benzene rings is 1. The highest BCUT2D eigenvalue weighted by atomic mass is 16.5. The van der Waals surface area contributed by atoms with Gasteiger partial charge in [-0.2, -0.15) is 0 Å². The van der Waals surface area contributed by atoms with Gasteiger partial charge in [-0.3, -0.25) is 4.79 Å². The summed E-state index contributed by atoms with van der Waals surface area (Å²) >= 11 is 0. The highest BCUT2D eigenvalue weighted by Crippen LogP contribution is 2.19. The number of para-hydroxylation sites is 1. The van der Waals surface area contributed by atoms with Crippen LogP contribution in [0.5, 0.6) is 5.75 Å². The van der Waals surface area contributed by atoms with Gasteiger partial charge >= 0.3 is 0 Å². The van der Waals surface area contributed by atoms with E-state index in [1.807, 2.05) is 18.2 Å². The number of nitrogens with one attached hydrogen (secondary N) is 1. The van der Waals surface area contributed by atoms with Crippen LogP contribution in [0.25, 0.3) is 0 Å². The summed E-state index contributed by atoms with van der Waals surface area (Å²) in [4.78, 5) is 11.8. The van der Waals surface area contributed by atoms with E-state index in [4.69, 9.17) is 14.6 Å². The average Bonchev–Trinajstić information content (AvgIpc) is 2.41. The van der Waals surface area contributed by atoms with Gasteiger partial charge in [0.2, 0.25) is 0 Å². The van der Waals surface area contributed by atoms with Gasteiger partial charge in [0.1, 0.15) is 5.75 Å². The lowest BCUT2D eigenvalue weighted by Crippen LogP contribution is -2.38. The number of ether oxygens (including phenoxy) is 2. The Morgan fingerprint density at radius 3 is 2.84 bits per heavy atom. The predicted octanol–water partition coefficient (Wildman–Crippen LogP) is 0.751. The summed E-state index contributed by atoms with van der Waals surface area (Å²) in [6, 6.07) is 7.39. The molecule has 1 unspecified atom stereocenters. The van der Waals surface area contributed by atoms with Crippen LogP contribution in [0.3, 0.4) is 0 Å². The molecule has 0 saturated heterocycles. The molecule has 0 bridgehead atoms. The van der Waals surface area contributed by atoms with E-state index in [1.54, 1.807) is 20.1 Å². The third-order valence-corrected chi connectivity index (χ3v) is 2.63. The minimum atomic E-state index is -0.586. The second-order valence-electron chi connectivity index (χ2n) is 4.13. The molecule has 1 aromatic carbocycles. The highest BCUT2D eigenvalue weighted by molar-refractivity contribution is 5.80. The summed E-state index contributed by atoms with van der Waals surface area (Å²) in [5, 5.41) is 11.7. The fourth-order valence-electron chi connectivity index (χ4n) is 1.61. The molecule has 5 heteroatoms. The van der Waals surface area contributed by atoms with Crippen LogP contribution in [-0.2, 0) is 16.0 Å². The molecule has 1 amide bonds. The zero-order valence-electron chi connectivity index (χ0n) is 11.4. The lowest BCUT2D eigenvalue weighted by atomic mass is 10.1. The Labute approximate surface area is 113 Å². The zero-order valence-corrected chi connectivity index (χ0v) is 11.4. The van der Waals surface area contributed by atoms with Crippen LogP contribution >= 0.6 is 0 Å². The van der Waals surface area contributed by atoms with Crippen molar-refractivity contribution in [1.82, 2.24) is 5.32 Å². The van der Waals surface area contributed by atoms with Gasteiger partial charge in [-0.1, -0.05) is 18.2 Å².